The minimum atomic E-state index is -2.02. The van der Waals surface area contributed by atoms with Gasteiger partial charge in [0.1, 0.15) is 13.7 Å². The van der Waals surface area contributed by atoms with Crippen LogP contribution in [-0.4, -0.2) is 8.07 Å². The molecule has 13 rings (SSSR count). The number of hydrogen-bond donors (Lipinski definition) is 0. The molecule has 0 aliphatic carbocycles. The van der Waals surface area contributed by atoms with Crippen LogP contribution in [0, 0.1) is 13.8 Å². The lowest BCUT2D eigenvalue weighted by Gasteiger charge is -2.31. The summed E-state index contributed by atoms with van der Waals surface area (Å²) in [4.78, 5) is 4.97. The molecule has 11 aromatic carbocycles. The molecule has 0 spiro atoms. The highest BCUT2D eigenvalue weighted by Crippen LogP contribution is 2.51. The molecule has 66 heavy (non-hydrogen) atoms. The van der Waals surface area contributed by atoms with Crippen molar-refractivity contribution in [2.45, 2.75) is 26.9 Å². The fraction of sp³-hybridized carbons (Fsp3) is 0.0645. The molecule has 1 aliphatic rings. The van der Waals surface area contributed by atoms with Gasteiger partial charge in [0.15, 0.2) is 5.58 Å². The van der Waals surface area contributed by atoms with Gasteiger partial charge in [-0.2, -0.15) is 0 Å². The predicted molar refractivity (Wildman–Crippen MR) is 284 cm³/mol. The van der Waals surface area contributed by atoms with E-state index in [1.807, 2.05) is 0 Å². The number of furan rings is 1. The maximum atomic E-state index is 6.89. The number of anilines is 6. The maximum Gasteiger partial charge on any atom is 0.159 e. The summed E-state index contributed by atoms with van der Waals surface area (Å²) in [6.45, 7) is 9.56. The molecule has 0 amide bonds. The van der Waals surface area contributed by atoms with E-state index in [-0.39, 0.29) is 0 Å². The molecule has 1 aromatic heterocycles. The van der Waals surface area contributed by atoms with Gasteiger partial charge in [0.05, 0.1) is 22.7 Å². The summed E-state index contributed by atoms with van der Waals surface area (Å²) in [7, 11) is -2.02. The quantitative estimate of drug-likeness (QED) is 0.118. The summed E-state index contributed by atoms with van der Waals surface area (Å²) in [6, 6.07) is 76.0. The van der Waals surface area contributed by atoms with Crippen molar-refractivity contribution < 1.29 is 4.42 Å². The van der Waals surface area contributed by atoms with Crippen LogP contribution in [0.5, 0.6) is 0 Å². The van der Waals surface area contributed by atoms with Crippen molar-refractivity contribution in [3.8, 4) is 22.3 Å². The van der Waals surface area contributed by atoms with E-state index in [9.17, 15) is 0 Å². The molecular weight excluding hydrogens is 817 g/mol. The van der Waals surface area contributed by atoms with Gasteiger partial charge in [-0.25, -0.2) is 0 Å². The molecule has 4 heteroatoms. The Morgan fingerprint density at radius 2 is 0.909 bits per heavy atom. The highest BCUT2D eigenvalue weighted by atomic mass is 28.3. The van der Waals surface area contributed by atoms with Gasteiger partial charge in [0.2, 0.25) is 0 Å². The number of para-hydroxylation sites is 4. The Balaban J connectivity index is 1.10. The Labute approximate surface area is 385 Å². The molecule has 12 aromatic rings. The second-order valence-electron chi connectivity index (χ2n) is 18.5. The molecule has 0 radical (unpaired) electrons. The smallest absolute Gasteiger partial charge is 0.159 e. The molecule has 0 saturated heterocycles. The minimum absolute atomic E-state index is 0.885. The first kappa shape index (κ1) is 38.5. The maximum absolute atomic E-state index is 6.89. The first-order valence-corrected chi connectivity index (χ1v) is 26.0. The van der Waals surface area contributed by atoms with Crippen molar-refractivity contribution in [2.75, 3.05) is 9.80 Å². The zero-order chi connectivity index (χ0) is 44.3. The van der Waals surface area contributed by atoms with Crippen LogP contribution >= 0.6 is 0 Å². The van der Waals surface area contributed by atoms with Crippen molar-refractivity contribution in [1.29, 1.82) is 0 Å². The fourth-order valence-electron chi connectivity index (χ4n) is 11.3. The SMILES string of the molecule is Cc1cc(N(c2ccccc2)c2ccccc2-c2ccccc2)c2ccc3c(C)cc(N(c4ccc5c(c4)[Si](C)(C)c4ccccc4-5)c4cccc5c4oc4ccccc45)c4ccc1c2c34. The van der Waals surface area contributed by atoms with E-state index >= 15 is 0 Å². The van der Waals surface area contributed by atoms with Crippen LogP contribution in [0.25, 0.3) is 76.5 Å². The van der Waals surface area contributed by atoms with Crippen LogP contribution in [0.4, 0.5) is 34.1 Å². The lowest BCUT2D eigenvalue weighted by atomic mass is 9.88. The van der Waals surface area contributed by atoms with Gasteiger partial charge in [-0.15, -0.1) is 0 Å². The third-order valence-electron chi connectivity index (χ3n) is 14.4. The van der Waals surface area contributed by atoms with Crippen molar-refractivity contribution in [2.24, 2.45) is 0 Å². The molecule has 0 N–H and O–H groups in total. The predicted octanol–water partition coefficient (Wildman–Crippen LogP) is 16.5. The number of rotatable bonds is 7. The Morgan fingerprint density at radius 1 is 0.364 bits per heavy atom. The van der Waals surface area contributed by atoms with Gasteiger partial charge < -0.3 is 14.2 Å². The molecule has 0 bridgehead atoms. The van der Waals surface area contributed by atoms with Crippen molar-refractivity contribution in [1.82, 2.24) is 0 Å². The average molecular weight is 863 g/mol. The van der Waals surface area contributed by atoms with Gasteiger partial charge in [0.25, 0.3) is 0 Å². The third kappa shape index (κ3) is 5.61. The number of hydrogen-bond acceptors (Lipinski definition) is 3. The monoisotopic (exact) mass is 862 g/mol. The molecule has 0 saturated carbocycles. The van der Waals surface area contributed by atoms with E-state index in [1.165, 1.54) is 76.1 Å². The van der Waals surface area contributed by atoms with Crippen molar-refractivity contribution >= 4 is 107 Å². The summed E-state index contributed by atoms with van der Waals surface area (Å²) in [5.74, 6) is 0. The van der Waals surface area contributed by atoms with Gasteiger partial charge in [-0.1, -0.05) is 165 Å². The Bertz CT molecular complexity index is 3890. The molecule has 3 nitrogen and oxygen atoms in total. The first-order valence-electron chi connectivity index (χ1n) is 23.0. The summed E-state index contributed by atoms with van der Waals surface area (Å²) < 4.78 is 6.89. The first-order chi connectivity index (χ1) is 32.3. The van der Waals surface area contributed by atoms with Gasteiger partial charge in [-0.05, 0) is 128 Å². The third-order valence-corrected chi connectivity index (χ3v) is 18.0. The van der Waals surface area contributed by atoms with E-state index in [0.29, 0.717) is 0 Å². The van der Waals surface area contributed by atoms with Crippen LogP contribution in [0.2, 0.25) is 13.1 Å². The molecule has 1 aliphatic heterocycles. The van der Waals surface area contributed by atoms with Crippen LogP contribution in [0.1, 0.15) is 11.1 Å². The van der Waals surface area contributed by atoms with Crippen molar-refractivity contribution in [3.63, 3.8) is 0 Å². The van der Waals surface area contributed by atoms with Crippen LogP contribution < -0.4 is 20.2 Å². The summed E-state index contributed by atoms with van der Waals surface area (Å²) in [5, 5.41) is 12.7. The van der Waals surface area contributed by atoms with Gasteiger partial charge in [-0.3, -0.25) is 0 Å². The number of nitrogens with zero attached hydrogens (tertiary/aromatic N) is 2. The van der Waals surface area contributed by atoms with Crippen LogP contribution in [-0.2, 0) is 0 Å². The van der Waals surface area contributed by atoms with Gasteiger partial charge >= 0.3 is 0 Å². The number of fused-ring (bicyclic) bond motifs is 6. The molecule has 0 atom stereocenters. The molecule has 0 unspecified atom stereocenters. The highest BCUT2D eigenvalue weighted by molar-refractivity contribution is 7.03. The Morgan fingerprint density at radius 3 is 1.64 bits per heavy atom. The Kier molecular flexibility index (Phi) is 8.49. The summed E-state index contributed by atoms with van der Waals surface area (Å²) in [5.41, 5.74) is 16.0. The highest BCUT2D eigenvalue weighted by Gasteiger charge is 2.38. The summed E-state index contributed by atoms with van der Waals surface area (Å²) >= 11 is 0. The standard InChI is InChI=1S/C62H46N2OSi/c1-39-36-55(63(42-20-9-6-10-21-42)53-26-14-11-22-46(53)41-18-7-5-8-19-41)51-34-32-45-40(2)37-56(52-35-33-44(39)60(51)61(45)52)64(54-27-17-25-50-47-23-12-15-28-57(47)65-62(50)54)43-30-31-49-48-24-13-16-29-58(48)66(3,4)59(49)38-43/h5-38H,1-4H3. The van der Waals surface area contributed by atoms with E-state index in [4.69, 9.17) is 4.42 Å². The molecule has 314 valence electrons. The second kappa shape index (κ2) is 14.5. The number of aryl methyl sites for hydroxylation is 2. The lowest BCUT2D eigenvalue weighted by Crippen LogP contribution is -2.49. The number of benzene rings is 11. The fourth-order valence-corrected chi connectivity index (χ4v) is 14.4. The molecular formula is C62H46N2OSi. The van der Waals surface area contributed by atoms with E-state index < -0.39 is 8.07 Å². The Hall–Kier alpha value is -7.92. The van der Waals surface area contributed by atoms with E-state index in [1.54, 1.807) is 0 Å². The van der Waals surface area contributed by atoms with Gasteiger partial charge in [0, 0.05) is 38.5 Å². The summed E-state index contributed by atoms with van der Waals surface area (Å²) in [6.07, 6.45) is 0. The topological polar surface area (TPSA) is 19.6 Å². The minimum Gasteiger partial charge on any atom is -0.454 e. The zero-order valence-electron chi connectivity index (χ0n) is 37.4. The van der Waals surface area contributed by atoms with E-state index in [0.717, 1.165) is 56.1 Å². The second-order valence-corrected chi connectivity index (χ2v) is 22.9. The van der Waals surface area contributed by atoms with Crippen LogP contribution in [0.15, 0.2) is 211 Å². The molecule has 0 fully saturated rings. The zero-order valence-corrected chi connectivity index (χ0v) is 38.4. The molecule has 2 heterocycles. The average Bonchev–Trinajstić information content (AvgIpc) is 3.85. The normalized spacial score (nSPS) is 13.0. The largest absolute Gasteiger partial charge is 0.454 e. The van der Waals surface area contributed by atoms with E-state index in [2.05, 4.69) is 243 Å². The van der Waals surface area contributed by atoms with Crippen molar-refractivity contribution in [3.05, 3.63) is 217 Å². The van der Waals surface area contributed by atoms with Crippen LogP contribution in [0.3, 0.4) is 0 Å². The lowest BCUT2D eigenvalue weighted by molar-refractivity contribution is 0.669.